The predicted octanol–water partition coefficient (Wildman–Crippen LogP) is 0.605. The average Bonchev–Trinajstić information content (AvgIpc) is 2.32. The van der Waals surface area contributed by atoms with Crippen LogP contribution in [0.3, 0.4) is 0 Å². The number of likely N-dealkylation sites (N-methyl/N-ethyl adjacent to an activating group) is 1. The first-order valence-electron chi connectivity index (χ1n) is 4.70. The molecule has 0 aromatic rings. The quantitative estimate of drug-likeness (QED) is 0.673. The highest BCUT2D eigenvalue weighted by molar-refractivity contribution is 5.83. The average molecular weight is 170 g/mol. The lowest BCUT2D eigenvalue weighted by Gasteiger charge is -2.16. The Bertz CT molecular complexity index is 168. The Morgan fingerprint density at radius 3 is 2.75 bits per heavy atom. The molecule has 1 saturated heterocycles. The molecule has 0 bridgehead atoms. The Balaban J connectivity index is 2.44. The number of hydrogen-bond acceptors (Lipinski definition) is 2. The molecule has 70 valence electrons. The Hall–Kier alpha value is -0.570. The maximum atomic E-state index is 11.5. The molecule has 1 heterocycles. The zero-order chi connectivity index (χ0) is 9.14. The maximum absolute atomic E-state index is 11.5. The van der Waals surface area contributed by atoms with Gasteiger partial charge in [0.1, 0.15) is 0 Å². The molecule has 1 N–H and O–H groups in total. The number of nitrogens with one attached hydrogen (secondary N) is 1. The van der Waals surface area contributed by atoms with E-state index in [9.17, 15) is 4.79 Å². The largest absolute Gasteiger partial charge is 0.342 e. The van der Waals surface area contributed by atoms with Crippen LogP contribution < -0.4 is 5.32 Å². The van der Waals surface area contributed by atoms with Crippen molar-refractivity contribution in [3.63, 3.8) is 0 Å². The van der Waals surface area contributed by atoms with E-state index in [1.54, 1.807) is 0 Å². The van der Waals surface area contributed by atoms with Crippen molar-refractivity contribution in [2.24, 2.45) is 0 Å². The number of nitrogens with zero attached hydrogens (tertiary/aromatic N) is 1. The highest BCUT2D eigenvalue weighted by Crippen LogP contribution is 2.10. The molecule has 1 atom stereocenters. The minimum Gasteiger partial charge on any atom is -0.342 e. The molecule has 0 saturated carbocycles. The summed E-state index contributed by atoms with van der Waals surface area (Å²) in [4.78, 5) is 13.4. The second-order valence-electron chi connectivity index (χ2n) is 3.58. The molecule has 1 aliphatic heterocycles. The highest BCUT2D eigenvalue weighted by Gasteiger charge is 2.30. The van der Waals surface area contributed by atoms with Crippen molar-refractivity contribution in [1.29, 1.82) is 0 Å². The van der Waals surface area contributed by atoms with E-state index >= 15 is 0 Å². The first-order chi connectivity index (χ1) is 5.65. The van der Waals surface area contributed by atoms with E-state index in [-0.39, 0.29) is 11.9 Å². The molecule has 3 nitrogen and oxygen atoms in total. The number of carbonyl (C=O) groups excluding carboxylic acids is 1. The SMILES string of the molecule is CCN1CCC(NC(C)C)C1=O. The van der Waals surface area contributed by atoms with E-state index in [4.69, 9.17) is 0 Å². The fourth-order valence-corrected chi connectivity index (χ4v) is 1.61. The molecule has 1 aliphatic rings. The summed E-state index contributed by atoms with van der Waals surface area (Å²) in [5, 5.41) is 3.26. The second kappa shape index (κ2) is 3.90. The van der Waals surface area contributed by atoms with Crippen LogP contribution in [0.4, 0.5) is 0 Å². The maximum Gasteiger partial charge on any atom is 0.239 e. The van der Waals surface area contributed by atoms with Crippen LogP contribution in [-0.4, -0.2) is 36.0 Å². The Morgan fingerprint density at radius 1 is 1.67 bits per heavy atom. The van der Waals surface area contributed by atoms with Gasteiger partial charge in [-0.25, -0.2) is 0 Å². The van der Waals surface area contributed by atoms with Crippen LogP contribution in [0.5, 0.6) is 0 Å². The third-order valence-electron chi connectivity index (χ3n) is 2.21. The Kier molecular flexibility index (Phi) is 3.09. The van der Waals surface area contributed by atoms with E-state index < -0.39 is 0 Å². The number of carbonyl (C=O) groups is 1. The number of amides is 1. The molecular weight excluding hydrogens is 152 g/mol. The first kappa shape index (κ1) is 9.52. The molecule has 3 heteroatoms. The lowest BCUT2D eigenvalue weighted by molar-refractivity contribution is -0.129. The molecule has 0 aromatic carbocycles. The van der Waals surface area contributed by atoms with Crippen molar-refractivity contribution in [2.75, 3.05) is 13.1 Å². The van der Waals surface area contributed by atoms with E-state index in [0.29, 0.717) is 6.04 Å². The van der Waals surface area contributed by atoms with Crippen LogP contribution in [0, 0.1) is 0 Å². The van der Waals surface area contributed by atoms with Gasteiger partial charge >= 0.3 is 0 Å². The lowest BCUT2D eigenvalue weighted by atomic mass is 10.2. The molecule has 1 fully saturated rings. The van der Waals surface area contributed by atoms with Gasteiger partial charge in [0.25, 0.3) is 0 Å². The summed E-state index contributed by atoms with van der Waals surface area (Å²) in [5.74, 6) is 0.270. The highest BCUT2D eigenvalue weighted by atomic mass is 16.2. The van der Waals surface area contributed by atoms with E-state index in [0.717, 1.165) is 19.5 Å². The first-order valence-corrected chi connectivity index (χ1v) is 4.70. The van der Waals surface area contributed by atoms with Gasteiger partial charge in [0.15, 0.2) is 0 Å². The van der Waals surface area contributed by atoms with Gasteiger partial charge in [-0.2, -0.15) is 0 Å². The van der Waals surface area contributed by atoms with Gasteiger partial charge in [-0.15, -0.1) is 0 Å². The molecule has 12 heavy (non-hydrogen) atoms. The van der Waals surface area contributed by atoms with Crippen molar-refractivity contribution in [3.05, 3.63) is 0 Å². The molecular formula is C9H18N2O. The summed E-state index contributed by atoms with van der Waals surface area (Å²) in [6, 6.07) is 0.473. The molecule has 1 unspecified atom stereocenters. The number of likely N-dealkylation sites (tertiary alicyclic amines) is 1. The van der Waals surface area contributed by atoms with Gasteiger partial charge in [0.05, 0.1) is 6.04 Å². The number of rotatable bonds is 3. The van der Waals surface area contributed by atoms with Crippen LogP contribution in [-0.2, 0) is 4.79 Å². The van der Waals surface area contributed by atoms with Crippen LogP contribution >= 0.6 is 0 Å². The molecule has 1 amide bonds. The smallest absolute Gasteiger partial charge is 0.239 e. The van der Waals surface area contributed by atoms with Crippen molar-refractivity contribution in [2.45, 2.75) is 39.3 Å². The van der Waals surface area contributed by atoms with Gasteiger partial charge in [-0.3, -0.25) is 4.79 Å². The third kappa shape index (κ3) is 1.97. The van der Waals surface area contributed by atoms with E-state index in [1.165, 1.54) is 0 Å². The minimum absolute atomic E-state index is 0.0740. The van der Waals surface area contributed by atoms with Crippen molar-refractivity contribution in [1.82, 2.24) is 10.2 Å². The van der Waals surface area contributed by atoms with E-state index in [1.807, 2.05) is 11.8 Å². The lowest BCUT2D eigenvalue weighted by Crippen LogP contribution is -2.41. The summed E-state index contributed by atoms with van der Waals surface area (Å²) >= 11 is 0. The van der Waals surface area contributed by atoms with Gasteiger partial charge < -0.3 is 10.2 Å². The monoisotopic (exact) mass is 170 g/mol. The Labute approximate surface area is 74.1 Å². The van der Waals surface area contributed by atoms with Gasteiger partial charge in [0.2, 0.25) is 5.91 Å². The third-order valence-corrected chi connectivity index (χ3v) is 2.21. The molecule has 0 aromatic heterocycles. The van der Waals surface area contributed by atoms with Crippen molar-refractivity contribution >= 4 is 5.91 Å². The summed E-state index contributed by atoms with van der Waals surface area (Å²) in [5.41, 5.74) is 0. The summed E-state index contributed by atoms with van der Waals surface area (Å²) in [7, 11) is 0. The fraction of sp³-hybridized carbons (Fsp3) is 0.889. The summed E-state index contributed by atoms with van der Waals surface area (Å²) in [6.07, 6.45) is 0.963. The van der Waals surface area contributed by atoms with Gasteiger partial charge in [-0.05, 0) is 13.3 Å². The zero-order valence-electron chi connectivity index (χ0n) is 8.13. The normalized spacial score (nSPS) is 24.2. The topological polar surface area (TPSA) is 32.3 Å². The minimum atomic E-state index is 0.0740. The zero-order valence-corrected chi connectivity index (χ0v) is 8.13. The predicted molar refractivity (Wildman–Crippen MR) is 48.9 cm³/mol. The molecule has 0 radical (unpaired) electrons. The molecule has 0 spiro atoms. The standard InChI is InChI=1S/C9H18N2O/c1-4-11-6-5-8(9(11)12)10-7(2)3/h7-8,10H,4-6H2,1-3H3. The van der Waals surface area contributed by atoms with Crippen molar-refractivity contribution < 1.29 is 4.79 Å². The molecule has 0 aliphatic carbocycles. The van der Waals surface area contributed by atoms with Crippen LogP contribution in [0.2, 0.25) is 0 Å². The molecule has 1 rings (SSSR count). The van der Waals surface area contributed by atoms with Crippen molar-refractivity contribution in [3.8, 4) is 0 Å². The number of hydrogen-bond donors (Lipinski definition) is 1. The summed E-state index contributed by atoms with van der Waals surface area (Å²) in [6.45, 7) is 7.92. The fourth-order valence-electron chi connectivity index (χ4n) is 1.61. The van der Waals surface area contributed by atoms with Gasteiger partial charge in [-0.1, -0.05) is 13.8 Å². The van der Waals surface area contributed by atoms with Crippen LogP contribution in [0.1, 0.15) is 27.2 Å². The van der Waals surface area contributed by atoms with Crippen LogP contribution in [0.25, 0.3) is 0 Å². The summed E-state index contributed by atoms with van der Waals surface area (Å²) < 4.78 is 0. The Morgan fingerprint density at radius 2 is 2.33 bits per heavy atom. The van der Waals surface area contributed by atoms with Crippen LogP contribution in [0.15, 0.2) is 0 Å². The van der Waals surface area contributed by atoms with E-state index in [2.05, 4.69) is 19.2 Å². The van der Waals surface area contributed by atoms with Gasteiger partial charge in [0, 0.05) is 19.1 Å². The second-order valence-corrected chi connectivity index (χ2v) is 3.58.